The van der Waals surface area contributed by atoms with Crippen LogP contribution >= 0.6 is 11.3 Å². The second-order valence-electron chi connectivity index (χ2n) is 8.18. The number of carbonyl (C=O) groups excluding carboxylic acids is 2. The van der Waals surface area contributed by atoms with E-state index >= 15 is 0 Å². The Bertz CT molecular complexity index is 890. The summed E-state index contributed by atoms with van der Waals surface area (Å²) in [6.07, 6.45) is 3.21. The average molecular weight is 445 g/mol. The van der Waals surface area contributed by atoms with Gasteiger partial charge in [-0.05, 0) is 42.6 Å². The lowest BCUT2D eigenvalue weighted by Crippen LogP contribution is -2.42. The number of carbonyl (C=O) groups is 2. The number of aromatic nitrogens is 1. The summed E-state index contributed by atoms with van der Waals surface area (Å²) in [6.45, 7) is 4.69. The summed E-state index contributed by atoms with van der Waals surface area (Å²) in [5.74, 6) is -0.0325. The number of hydrogen-bond donors (Lipinski definition) is 1. The van der Waals surface area contributed by atoms with E-state index < -0.39 is 0 Å². The van der Waals surface area contributed by atoms with Crippen molar-refractivity contribution in [1.29, 1.82) is 0 Å². The van der Waals surface area contributed by atoms with Crippen molar-refractivity contribution in [1.82, 2.24) is 20.1 Å². The van der Waals surface area contributed by atoms with E-state index in [1.165, 1.54) is 11.3 Å². The molecule has 2 aromatic rings. The van der Waals surface area contributed by atoms with E-state index in [9.17, 15) is 9.59 Å². The second kappa shape index (κ2) is 9.86. The molecule has 9 heteroatoms. The number of likely N-dealkylation sites (N-methyl/N-ethyl adjacent to an activating group) is 1. The Morgan fingerprint density at radius 2 is 2.00 bits per heavy atom. The zero-order valence-corrected chi connectivity index (χ0v) is 18.6. The number of likely N-dealkylation sites (tertiary alicyclic amines) is 1. The van der Waals surface area contributed by atoms with Crippen LogP contribution < -0.4 is 5.32 Å². The van der Waals surface area contributed by atoms with Crippen LogP contribution in [0.5, 0.6) is 0 Å². The molecule has 4 rings (SSSR count). The first-order valence-electron chi connectivity index (χ1n) is 10.4. The molecule has 8 nitrogen and oxygen atoms in total. The minimum Gasteiger partial charge on any atom is -0.371 e. The standard InChI is InChI=1S/C22H28N4O4S/c1-15-5-7-31-21(15)22(28)24-17-13-29-18-10-26(11-19(18)30-14-17)20(27)12-25(2)9-16-4-3-6-23-8-16/h3-8,17-19H,9-14H2,1-2H3,(H,24,28)/t18-,19-/m0/s1. The maximum atomic E-state index is 12.8. The maximum absolute atomic E-state index is 12.8. The zero-order chi connectivity index (χ0) is 21.8. The Morgan fingerprint density at radius 1 is 1.26 bits per heavy atom. The van der Waals surface area contributed by atoms with Gasteiger partial charge in [0.1, 0.15) is 12.2 Å². The van der Waals surface area contributed by atoms with Crippen LogP contribution in [0.2, 0.25) is 0 Å². The number of nitrogens with zero attached hydrogens (tertiary/aromatic N) is 3. The molecule has 0 aromatic carbocycles. The quantitative estimate of drug-likeness (QED) is 0.723. The minimum absolute atomic E-state index is 0.0599. The molecule has 2 amide bonds. The number of ether oxygens (including phenoxy) is 2. The monoisotopic (exact) mass is 444 g/mol. The van der Waals surface area contributed by atoms with Gasteiger partial charge in [-0.1, -0.05) is 6.07 Å². The average Bonchev–Trinajstić information content (AvgIpc) is 3.32. The van der Waals surface area contributed by atoms with Crippen LogP contribution in [0.15, 0.2) is 36.0 Å². The van der Waals surface area contributed by atoms with Crippen molar-refractivity contribution in [2.24, 2.45) is 0 Å². The molecule has 0 saturated carbocycles. The molecule has 4 heterocycles. The third-order valence-electron chi connectivity index (χ3n) is 5.58. The van der Waals surface area contributed by atoms with Crippen LogP contribution in [-0.4, -0.2) is 84.7 Å². The number of rotatable bonds is 6. The Hall–Kier alpha value is -2.33. The van der Waals surface area contributed by atoms with Crippen molar-refractivity contribution in [2.75, 3.05) is 39.9 Å². The fraction of sp³-hybridized carbons (Fsp3) is 0.500. The topological polar surface area (TPSA) is 84.0 Å². The van der Waals surface area contributed by atoms with Crippen molar-refractivity contribution in [3.63, 3.8) is 0 Å². The summed E-state index contributed by atoms with van der Waals surface area (Å²) in [5.41, 5.74) is 2.04. The lowest BCUT2D eigenvalue weighted by atomic mass is 10.2. The predicted molar refractivity (Wildman–Crippen MR) is 117 cm³/mol. The predicted octanol–water partition coefficient (Wildman–Crippen LogP) is 1.31. The molecule has 2 saturated heterocycles. The number of nitrogens with one attached hydrogen (secondary N) is 1. The molecule has 2 aromatic heterocycles. The Balaban J connectivity index is 1.24. The molecule has 0 radical (unpaired) electrons. The van der Waals surface area contributed by atoms with Gasteiger partial charge in [0.25, 0.3) is 5.91 Å². The molecule has 2 aliphatic rings. The van der Waals surface area contributed by atoms with Gasteiger partial charge in [0.2, 0.25) is 5.91 Å². The molecule has 166 valence electrons. The Labute approximate surface area is 186 Å². The molecule has 0 unspecified atom stereocenters. The number of hydrogen-bond acceptors (Lipinski definition) is 7. The van der Waals surface area contributed by atoms with Crippen molar-refractivity contribution in [3.05, 3.63) is 52.0 Å². The van der Waals surface area contributed by atoms with Gasteiger partial charge in [0, 0.05) is 32.0 Å². The minimum atomic E-state index is -0.200. The van der Waals surface area contributed by atoms with Crippen molar-refractivity contribution in [3.8, 4) is 0 Å². The Morgan fingerprint density at radius 3 is 2.61 bits per heavy atom. The molecule has 0 bridgehead atoms. The highest BCUT2D eigenvalue weighted by Gasteiger charge is 2.39. The smallest absolute Gasteiger partial charge is 0.261 e. The molecule has 31 heavy (non-hydrogen) atoms. The van der Waals surface area contributed by atoms with Crippen LogP contribution in [0.25, 0.3) is 0 Å². The molecular formula is C22H28N4O4S. The normalized spacial score (nSPS) is 21.7. The molecule has 0 spiro atoms. The fourth-order valence-electron chi connectivity index (χ4n) is 3.93. The van der Waals surface area contributed by atoms with Crippen LogP contribution in [-0.2, 0) is 20.8 Å². The number of amides is 2. The van der Waals surface area contributed by atoms with Crippen LogP contribution in [0.1, 0.15) is 20.8 Å². The third kappa shape index (κ3) is 5.48. The first kappa shape index (κ1) is 21.9. The summed E-state index contributed by atoms with van der Waals surface area (Å²) in [6, 6.07) is 5.63. The van der Waals surface area contributed by atoms with E-state index in [2.05, 4.69) is 10.3 Å². The zero-order valence-electron chi connectivity index (χ0n) is 17.8. The van der Waals surface area contributed by atoms with Gasteiger partial charge in [-0.15, -0.1) is 11.3 Å². The van der Waals surface area contributed by atoms with E-state index in [4.69, 9.17) is 9.47 Å². The van der Waals surface area contributed by atoms with Crippen LogP contribution in [0.4, 0.5) is 0 Å². The molecule has 2 fully saturated rings. The van der Waals surface area contributed by atoms with Crippen LogP contribution in [0, 0.1) is 6.92 Å². The van der Waals surface area contributed by atoms with E-state index in [0.29, 0.717) is 39.4 Å². The highest BCUT2D eigenvalue weighted by atomic mass is 32.1. The van der Waals surface area contributed by atoms with Crippen molar-refractivity contribution < 1.29 is 19.1 Å². The lowest BCUT2D eigenvalue weighted by molar-refractivity contribution is -0.132. The number of aryl methyl sites for hydroxylation is 1. The SMILES string of the molecule is Cc1ccsc1C(=O)NC1CO[C@H]2CN(C(=O)CN(C)Cc3cccnc3)C[C@@H]2OC1. The summed E-state index contributed by atoms with van der Waals surface area (Å²) in [4.78, 5) is 33.8. The highest BCUT2D eigenvalue weighted by molar-refractivity contribution is 7.12. The molecule has 1 N–H and O–H groups in total. The number of pyridine rings is 1. The van der Waals surface area contributed by atoms with Gasteiger partial charge in [0.05, 0.1) is 30.7 Å². The molecular weight excluding hydrogens is 416 g/mol. The van der Waals surface area contributed by atoms with Gasteiger partial charge >= 0.3 is 0 Å². The Kier molecular flexibility index (Phi) is 6.96. The van der Waals surface area contributed by atoms with E-state index in [0.717, 1.165) is 16.0 Å². The summed E-state index contributed by atoms with van der Waals surface area (Å²) < 4.78 is 12.0. The summed E-state index contributed by atoms with van der Waals surface area (Å²) >= 11 is 1.43. The van der Waals surface area contributed by atoms with Gasteiger partial charge in [-0.25, -0.2) is 0 Å². The van der Waals surface area contributed by atoms with Gasteiger partial charge in [-0.2, -0.15) is 0 Å². The van der Waals surface area contributed by atoms with Crippen molar-refractivity contribution in [2.45, 2.75) is 31.7 Å². The van der Waals surface area contributed by atoms with Crippen LogP contribution in [0.3, 0.4) is 0 Å². The van der Waals surface area contributed by atoms with E-state index in [1.807, 2.05) is 53.5 Å². The van der Waals surface area contributed by atoms with Gasteiger partial charge < -0.3 is 19.7 Å². The third-order valence-corrected chi connectivity index (χ3v) is 6.59. The summed E-state index contributed by atoms with van der Waals surface area (Å²) in [5, 5.41) is 4.92. The largest absolute Gasteiger partial charge is 0.371 e. The molecule has 2 atom stereocenters. The first-order valence-corrected chi connectivity index (χ1v) is 11.3. The molecule has 0 aliphatic carbocycles. The van der Waals surface area contributed by atoms with Gasteiger partial charge in [0.15, 0.2) is 0 Å². The molecule has 2 aliphatic heterocycles. The first-order chi connectivity index (χ1) is 15.0. The second-order valence-corrected chi connectivity index (χ2v) is 9.10. The summed E-state index contributed by atoms with van der Waals surface area (Å²) in [7, 11) is 1.93. The number of thiophene rings is 1. The maximum Gasteiger partial charge on any atom is 0.261 e. The fourth-order valence-corrected chi connectivity index (χ4v) is 4.75. The highest BCUT2D eigenvalue weighted by Crippen LogP contribution is 2.21. The van der Waals surface area contributed by atoms with E-state index in [1.54, 1.807) is 6.20 Å². The number of fused-ring (bicyclic) bond motifs is 1. The van der Waals surface area contributed by atoms with Gasteiger partial charge in [-0.3, -0.25) is 19.5 Å². The lowest BCUT2D eigenvalue weighted by Gasteiger charge is -2.22. The van der Waals surface area contributed by atoms with E-state index in [-0.39, 0.29) is 30.1 Å². The van der Waals surface area contributed by atoms with Crippen molar-refractivity contribution >= 4 is 23.2 Å².